The Labute approximate surface area is 180 Å². The molecule has 1 N–H and O–H groups in total. The zero-order valence-electron chi connectivity index (χ0n) is 16.5. The molecule has 0 unspecified atom stereocenters. The van der Waals surface area contributed by atoms with E-state index in [0.29, 0.717) is 40.5 Å². The summed E-state index contributed by atoms with van der Waals surface area (Å²) in [4.78, 5) is 30.4. The highest BCUT2D eigenvalue weighted by molar-refractivity contribution is 6.18. The molecule has 31 heavy (non-hydrogen) atoms. The minimum Gasteiger partial charge on any atom is -0.458 e. The molecule has 0 bridgehead atoms. The zero-order chi connectivity index (χ0) is 21.5. The topological polar surface area (TPSA) is 99.9 Å². The molecule has 0 aliphatic carbocycles. The number of rotatable bonds is 2. The molecule has 0 radical (unpaired) electrons. The van der Waals surface area contributed by atoms with Crippen LogP contribution in [0.1, 0.15) is 35.6 Å². The molecule has 0 spiro atoms. The van der Waals surface area contributed by atoms with Crippen molar-refractivity contribution in [2.24, 2.45) is 0 Å². The molecule has 0 saturated heterocycles. The lowest BCUT2D eigenvalue weighted by Gasteiger charge is -2.31. The number of hydrogen-bond donors (Lipinski definition) is 1. The van der Waals surface area contributed by atoms with Gasteiger partial charge in [0.1, 0.15) is 6.61 Å². The van der Waals surface area contributed by atoms with E-state index in [1.54, 1.807) is 23.6 Å². The van der Waals surface area contributed by atoms with Crippen LogP contribution in [0.2, 0.25) is 0 Å². The highest BCUT2D eigenvalue weighted by Crippen LogP contribution is 2.43. The third kappa shape index (κ3) is 2.31. The maximum atomic E-state index is 13.3. The molecule has 6 rings (SSSR count). The van der Waals surface area contributed by atoms with Crippen molar-refractivity contribution in [3.05, 3.63) is 50.8 Å². The van der Waals surface area contributed by atoms with Crippen molar-refractivity contribution < 1.29 is 24.1 Å². The first-order valence-electron chi connectivity index (χ1n) is 9.94. The number of hydrogen-bond acceptors (Lipinski definition) is 7. The van der Waals surface area contributed by atoms with Gasteiger partial charge in [-0.3, -0.25) is 4.79 Å². The average molecular weight is 441 g/mol. The van der Waals surface area contributed by atoms with Gasteiger partial charge in [-0.05, 0) is 24.1 Å². The summed E-state index contributed by atoms with van der Waals surface area (Å²) in [6, 6.07) is 5.35. The van der Waals surface area contributed by atoms with Crippen LogP contribution in [0.15, 0.2) is 23.0 Å². The van der Waals surface area contributed by atoms with Gasteiger partial charge in [0.2, 0.25) is 6.79 Å². The first-order chi connectivity index (χ1) is 15.0. The number of cyclic esters (lactones) is 1. The van der Waals surface area contributed by atoms with Crippen molar-refractivity contribution in [2.45, 2.75) is 38.0 Å². The van der Waals surface area contributed by atoms with Crippen LogP contribution >= 0.6 is 11.6 Å². The molecular weight excluding hydrogens is 424 g/mol. The Hall–Kier alpha value is -3.10. The van der Waals surface area contributed by atoms with Crippen molar-refractivity contribution in [3.8, 4) is 22.9 Å². The standard InChI is InChI=1S/C22H17ClN2O6/c1-2-22(28)14-4-16-19-12(7-25(16)20(26)13(14)8-29-21(22)27)11(6-23)10-3-17-18(31-9-30-17)5-15(10)24-19/h3-5,28H,2,6-9H2,1H3/t22-/m0/s1. The van der Waals surface area contributed by atoms with Crippen LogP contribution in [-0.4, -0.2) is 27.4 Å². The van der Waals surface area contributed by atoms with E-state index in [4.69, 9.17) is 30.8 Å². The van der Waals surface area contributed by atoms with Gasteiger partial charge in [0.05, 0.1) is 29.0 Å². The Kier molecular flexibility index (Phi) is 3.74. The Bertz CT molecular complexity index is 1380. The molecule has 0 amide bonds. The van der Waals surface area contributed by atoms with E-state index in [-0.39, 0.29) is 36.8 Å². The van der Waals surface area contributed by atoms with Gasteiger partial charge >= 0.3 is 5.97 Å². The molecule has 0 fully saturated rings. The van der Waals surface area contributed by atoms with Gasteiger partial charge in [0.15, 0.2) is 17.1 Å². The highest BCUT2D eigenvalue weighted by Gasteiger charge is 2.45. The van der Waals surface area contributed by atoms with Gasteiger partial charge in [-0.2, -0.15) is 0 Å². The monoisotopic (exact) mass is 440 g/mol. The molecule has 2 aromatic heterocycles. The van der Waals surface area contributed by atoms with Gasteiger partial charge in [0.25, 0.3) is 5.56 Å². The predicted molar refractivity (Wildman–Crippen MR) is 110 cm³/mol. The molecule has 158 valence electrons. The lowest BCUT2D eigenvalue weighted by molar-refractivity contribution is -0.172. The number of carbonyl (C=O) groups is 1. The van der Waals surface area contributed by atoms with Crippen LogP contribution in [0, 0.1) is 0 Å². The van der Waals surface area contributed by atoms with Gasteiger partial charge in [-0.15, -0.1) is 11.6 Å². The largest absolute Gasteiger partial charge is 0.458 e. The number of pyridine rings is 2. The number of alkyl halides is 1. The molecule has 3 aliphatic heterocycles. The van der Waals surface area contributed by atoms with Gasteiger partial charge in [-0.1, -0.05) is 6.92 Å². The van der Waals surface area contributed by atoms with E-state index in [2.05, 4.69) is 0 Å². The number of aromatic nitrogens is 2. The normalized spacial score (nSPS) is 20.4. The average Bonchev–Trinajstić information content (AvgIpc) is 3.38. The number of halogens is 1. The number of esters is 1. The molecular formula is C22H17ClN2O6. The predicted octanol–water partition coefficient (Wildman–Crippen LogP) is 2.55. The van der Waals surface area contributed by atoms with Crippen molar-refractivity contribution >= 4 is 28.5 Å². The molecule has 8 nitrogen and oxygen atoms in total. The van der Waals surface area contributed by atoms with Crippen LogP contribution in [-0.2, 0) is 34.2 Å². The summed E-state index contributed by atoms with van der Waals surface area (Å²) < 4.78 is 17.7. The quantitative estimate of drug-likeness (QED) is 0.377. The number of nitrogens with zero attached hydrogens (tertiary/aromatic N) is 2. The molecule has 3 aliphatic rings. The zero-order valence-corrected chi connectivity index (χ0v) is 17.3. The van der Waals surface area contributed by atoms with Crippen LogP contribution < -0.4 is 15.0 Å². The summed E-state index contributed by atoms with van der Waals surface area (Å²) in [5.74, 6) is 0.715. The fraction of sp³-hybridized carbons (Fsp3) is 0.318. The second kappa shape index (κ2) is 6.21. The van der Waals surface area contributed by atoms with Crippen molar-refractivity contribution in [2.75, 3.05) is 6.79 Å². The molecule has 9 heteroatoms. The van der Waals surface area contributed by atoms with Gasteiger partial charge in [0, 0.05) is 28.5 Å². The summed E-state index contributed by atoms with van der Waals surface area (Å²) >= 11 is 6.35. The fourth-order valence-electron chi connectivity index (χ4n) is 4.70. The Morgan fingerprint density at radius 1 is 1.16 bits per heavy atom. The summed E-state index contributed by atoms with van der Waals surface area (Å²) in [6.07, 6.45) is 0.0934. The van der Waals surface area contributed by atoms with E-state index in [9.17, 15) is 14.7 Å². The Morgan fingerprint density at radius 2 is 1.94 bits per heavy atom. The third-order valence-corrected chi connectivity index (χ3v) is 6.70. The van der Waals surface area contributed by atoms with Crippen LogP contribution in [0.3, 0.4) is 0 Å². The van der Waals surface area contributed by atoms with Crippen molar-refractivity contribution in [1.29, 1.82) is 0 Å². The summed E-state index contributed by atoms with van der Waals surface area (Å²) in [7, 11) is 0. The van der Waals surface area contributed by atoms with E-state index >= 15 is 0 Å². The summed E-state index contributed by atoms with van der Waals surface area (Å²) in [5, 5.41) is 11.8. The first-order valence-corrected chi connectivity index (χ1v) is 10.5. The minimum atomic E-state index is -1.86. The molecule has 3 aromatic rings. The molecule has 1 atom stereocenters. The number of aliphatic hydroxyl groups is 1. The third-order valence-electron chi connectivity index (χ3n) is 6.43. The number of carbonyl (C=O) groups excluding carboxylic acids is 1. The molecule has 0 saturated carbocycles. The van der Waals surface area contributed by atoms with Gasteiger partial charge in [-0.25, -0.2) is 9.78 Å². The van der Waals surface area contributed by atoms with E-state index in [1.165, 1.54) is 0 Å². The maximum Gasteiger partial charge on any atom is 0.343 e. The van der Waals surface area contributed by atoms with E-state index in [0.717, 1.165) is 16.5 Å². The smallest absolute Gasteiger partial charge is 0.343 e. The van der Waals surface area contributed by atoms with Crippen LogP contribution in [0.25, 0.3) is 22.3 Å². The van der Waals surface area contributed by atoms with Crippen molar-refractivity contribution in [3.63, 3.8) is 0 Å². The molecule has 5 heterocycles. The van der Waals surface area contributed by atoms with Crippen molar-refractivity contribution in [1.82, 2.24) is 9.55 Å². The number of ether oxygens (including phenoxy) is 3. The summed E-state index contributed by atoms with van der Waals surface area (Å²) in [5.41, 5.74) is 1.95. The fourth-order valence-corrected chi connectivity index (χ4v) is 5.01. The maximum absolute atomic E-state index is 13.3. The van der Waals surface area contributed by atoms with Crippen LogP contribution in [0.5, 0.6) is 11.5 Å². The number of fused-ring (bicyclic) bond motifs is 6. The Morgan fingerprint density at radius 3 is 2.68 bits per heavy atom. The SMILES string of the molecule is CC[C@@]1(O)C(=O)OCc2c1cc1n(c2=O)Cc2c-1nc1cc3c(cc1c2CCl)OCO3. The summed E-state index contributed by atoms with van der Waals surface area (Å²) in [6.45, 7) is 1.96. The second-order valence-corrected chi connectivity index (χ2v) is 8.14. The Balaban J connectivity index is 1.65. The molecule has 1 aromatic carbocycles. The highest BCUT2D eigenvalue weighted by atomic mass is 35.5. The second-order valence-electron chi connectivity index (χ2n) is 7.88. The minimum absolute atomic E-state index is 0.0934. The van der Waals surface area contributed by atoms with E-state index < -0.39 is 11.6 Å². The lowest BCUT2D eigenvalue weighted by atomic mass is 9.86. The van der Waals surface area contributed by atoms with Gasteiger partial charge < -0.3 is 23.9 Å². The van der Waals surface area contributed by atoms with E-state index in [1.807, 2.05) is 6.07 Å². The van der Waals surface area contributed by atoms with Crippen LogP contribution in [0.4, 0.5) is 0 Å². The number of benzene rings is 1. The lowest BCUT2D eigenvalue weighted by Crippen LogP contribution is -2.44. The first kappa shape index (κ1) is 18.7.